The van der Waals surface area contributed by atoms with Crippen molar-refractivity contribution in [3.63, 3.8) is 0 Å². The molecule has 2 aromatic rings. The van der Waals surface area contributed by atoms with Gasteiger partial charge in [-0.2, -0.15) is 5.10 Å². The minimum atomic E-state index is -0.326. The number of hydrazine groups is 1. The molecule has 128 valence electrons. The van der Waals surface area contributed by atoms with Crippen LogP contribution in [0.3, 0.4) is 0 Å². The molecule has 10 heteroatoms. The third-order valence-corrected chi connectivity index (χ3v) is 4.85. The lowest BCUT2D eigenvalue weighted by Gasteiger charge is -2.20. The second-order valence-electron chi connectivity index (χ2n) is 6.55. The number of rotatable bonds is 5. The molecule has 0 aromatic carbocycles. The van der Waals surface area contributed by atoms with Gasteiger partial charge in [0.2, 0.25) is 5.91 Å². The molecule has 0 spiro atoms. The van der Waals surface area contributed by atoms with Gasteiger partial charge in [0.05, 0.1) is 18.2 Å². The first-order valence-electron chi connectivity index (χ1n) is 8.21. The van der Waals surface area contributed by atoms with Crippen LogP contribution in [-0.2, 0) is 4.79 Å². The van der Waals surface area contributed by atoms with Crippen molar-refractivity contribution >= 4 is 11.7 Å². The zero-order chi connectivity index (χ0) is 16.7. The van der Waals surface area contributed by atoms with Crippen LogP contribution in [0.1, 0.15) is 37.5 Å². The predicted molar refractivity (Wildman–Crippen MR) is 84.5 cm³/mol. The van der Waals surface area contributed by atoms with Crippen LogP contribution < -0.4 is 16.2 Å². The van der Waals surface area contributed by atoms with Crippen LogP contribution in [0, 0.1) is 18.8 Å². The van der Waals surface area contributed by atoms with E-state index in [1.807, 2.05) is 11.6 Å². The Morgan fingerprint density at radius 2 is 2.29 bits per heavy atom. The lowest BCUT2D eigenvalue weighted by molar-refractivity contribution is -0.120. The average molecular weight is 331 g/mol. The van der Waals surface area contributed by atoms with Crippen LogP contribution in [-0.4, -0.2) is 42.4 Å². The van der Waals surface area contributed by atoms with Crippen LogP contribution in [0.15, 0.2) is 12.5 Å². The van der Waals surface area contributed by atoms with E-state index in [1.54, 1.807) is 10.9 Å². The molecule has 10 nitrogen and oxygen atoms in total. The van der Waals surface area contributed by atoms with Crippen molar-refractivity contribution in [1.29, 1.82) is 0 Å². The highest BCUT2D eigenvalue weighted by molar-refractivity contribution is 5.93. The van der Waals surface area contributed by atoms with Crippen molar-refractivity contribution in [2.45, 2.75) is 38.9 Å². The van der Waals surface area contributed by atoms with E-state index in [2.05, 4.69) is 43.7 Å². The molecule has 24 heavy (non-hydrogen) atoms. The summed E-state index contributed by atoms with van der Waals surface area (Å²) in [4.78, 5) is 12.8. The van der Waals surface area contributed by atoms with Crippen molar-refractivity contribution in [1.82, 2.24) is 40.8 Å². The number of amides is 1. The van der Waals surface area contributed by atoms with Crippen molar-refractivity contribution in [2.75, 3.05) is 11.9 Å². The molecule has 1 saturated carbocycles. The molecule has 2 aromatic heterocycles. The molecule has 1 amide bonds. The average Bonchev–Trinajstić information content (AvgIpc) is 2.98. The summed E-state index contributed by atoms with van der Waals surface area (Å²) in [6.45, 7) is 4.62. The minimum Gasteiger partial charge on any atom is -0.310 e. The molecule has 3 unspecified atom stereocenters. The zero-order valence-corrected chi connectivity index (χ0v) is 13.7. The van der Waals surface area contributed by atoms with E-state index in [9.17, 15) is 4.79 Å². The Kier molecular flexibility index (Phi) is 3.77. The van der Waals surface area contributed by atoms with E-state index in [-0.39, 0.29) is 18.0 Å². The summed E-state index contributed by atoms with van der Waals surface area (Å²) in [5.74, 6) is 1.03. The number of nitrogens with one attached hydrogen (secondary N) is 3. The Morgan fingerprint density at radius 3 is 3.00 bits per heavy atom. The molecule has 2 aliphatic rings. The van der Waals surface area contributed by atoms with E-state index < -0.39 is 0 Å². The summed E-state index contributed by atoms with van der Waals surface area (Å²) in [6, 6.07) is 0.296. The van der Waals surface area contributed by atoms with Gasteiger partial charge in [-0.1, -0.05) is 0 Å². The number of nitrogens with zero attached hydrogens (tertiary/aromatic N) is 6. The fourth-order valence-corrected chi connectivity index (χ4v) is 3.17. The molecular formula is C14H21N9O. The number of hydrogen-bond donors (Lipinski definition) is 3. The van der Waals surface area contributed by atoms with Crippen molar-refractivity contribution in [2.24, 2.45) is 11.8 Å². The van der Waals surface area contributed by atoms with E-state index >= 15 is 0 Å². The second kappa shape index (κ2) is 5.95. The van der Waals surface area contributed by atoms with E-state index in [0.29, 0.717) is 18.5 Å². The highest BCUT2D eigenvalue weighted by Gasteiger charge is 2.36. The molecule has 1 aliphatic heterocycles. The monoisotopic (exact) mass is 331 g/mol. The SMILES string of the molecule is Cc1cnn(C(C)C2CC2)c1NC(=O)C1CNNC1n1cnnn1. The molecule has 4 rings (SSSR count). The van der Waals surface area contributed by atoms with E-state index in [4.69, 9.17) is 0 Å². The summed E-state index contributed by atoms with van der Waals surface area (Å²) in [7, 11) is 0. The van der Waals surface area contributed by atoms with Crippen molar-refractivity contribution in [3.8, 4) is 0 Å². The number of carbonyl (C=O) groups excluding carboxylic acids is 1. The normalized spacial score (nSPS) is 24.9. The van der Waals surface area contributed by atoms with Gasteiger partial charge in [0, 0.05) is 12.1 Å². The Bertz CT molecular complexity index is 721. The fraction of sp³-hybridized carbons (Fsp3) is 0.643. The molecule has 1 aliphatic carbocycles. The van der Waals surface area contributed by atoms with Gasteiger partial charge >= 0.3 is 0 Å². The summed E-state index contributed by atoms with van der Waals surface area (Å²) >= 11 is 0. The van der Waals surface area contributed by atoms with E-state index in [0.717, 1.165) is 11.4 Å². The van der Waals surface area contributed by atoms with Gasteiger partial charge in [-0.15, -0.1) is 5.10 Å². The first-order valence-corrected chi connectivity index (χ1v) is 8.21. The van der Waals surface area contributed by atoms with Gasteiger partial charge in [-0.25, -0.2) is 14.8 Å². The number of tetrazole rings is 1. The first kappa shape index (κ1) is 15.2. The third-order valence-electron chi connectivity index (χ3n) is 4.85. The molecule has 2 fully saturated rings. The van der Waals surface area contributed by atoms with Gasteiger partial charge in [0.1, 0.15) is 18.3 Å². The molecule has 3 heterocycles. The standard InChI is InChI=1S/C14H21N9O/c1-8-5-17-23(9(2)10-3-4-10)12(8)18-14(24)11-6-15-19-13(11)22-7-16-20-21-22/h5,7,9-11,13,15,19H,3-4,6H2,1-2H3,(H,18,24). The predicted octanol–water partition coefficient (Wildman–Crippen LogP) is 0.0103. The number of hydrogen-bond acceptors (Lipinski definition) is 7. The highest BCUT2D eigenvalue weighted by atomic mass is 16.2. The summed E-state index contributed by atoms with van der Waals surface area (Å²) < 4.78 is 3.48. The molecule has 3 N–H and O–H groups in total. The van der Waals surface area contributed by atoms with Gasteiger partial charge in [-0.3, -0.25) is 10.2 Å². The van der Waals surface area contributed by atoms with Crippen molar-refractivity contribution in [3.05, 3.63) is 18.1 Å². The molecule has 1 saturated heterocycles. The smallest absolute Gasteiger partial charge is 0.233 e. The Labute approximate surface area is 138 Å². The summed E-state index contributed by atoms with van der Waals surface area (Å²) in [6.07, 6.45) is 5.43. The summed E-state index contributed by atoms with van der Waals surface area (Å²) in [5, 5.41) is 18.7. The topological polar surface area (TPSA) is 115 Å². The number of aryl methyl sites for hydroxylation is 1. The molecular weight excluding hydrogens is 310 g/mol. The minimum absolute atomic E-state index is 0.0825. The Morgan fingerprint density at radius 1 is 1.46 bits per heavy atom. The van der Waals surface area contributed by atoms with Gasteiger partial charge in [-0.05, 0) is 43.0 Å². The second-order valence-corrected chi connectivity index (χ2v) is 6.55. The highest BCUT2D eigenvalue weighted by Crippen LogP contribution is 2.40. The van der Waals surface area contributed by atoms with Crippen LogP contribution in [0.2, 0.25) is 0 Å². The molecule has 0 radical (unpaired) electrons. The van der Waals surface area contributed by atoms with Crippen LogP contribution in [0.25, 0.3) is 0 Å². The summed E-state index contributed by atoms with van der Waals surface area (Å²) in [5.41, 5.74) is 7.01. The Hall–Kier alpha value is -2.33. The maximum Gasteiger partial charge on any atom is 0.233 e. The van der Waals surface area contributed by atoms with Gasteiger partial charge < -0.3 is 5.32 Å². The quantitative estimate of drug-likeness (QED) is 0.707. The number of carbonyl (C=O) groups is 1. The zero-order valence-electron chi connectivity index (χ0n) is 13.7. The largest absolute Gasteiger partial charge is 0.310 e. The molecule has 0 bridgehead atoms. The maximum atomic E-state index is 12.8. The van der Waals surface area contributed by atoms with Gasteiger partial charge in [0.25, 0.3) is 0 Å². The van der Waals surface area contributed by atoms with Crippen LogP contribution in [0.5, 0.6) is 0 Å². The van der Waals surface area contributed by atoms with Gasteiger partial charge in [0.15, 0.2) is 0 Å². The lowest BCUT2D eigenvalue weighted by atomic mass is 10.1. The van der Waals surface area contributed by atoms with Crippen LogP contribution >= 0.6 is 0 Å². The maximum absolute atomic E-state index is 12.8. The third kappa shape index (κ3) is 2.67. The number of aromatic nitrogens is 6. The van der Waals surface area contributed by atoms with Crippen molar-refractivity contribution < 1.29 is 4.79 Å². The van der Waals surface area contributed by atoms with E-state index in [1.165, 1.54) is 19.2 Å². The lowest BCUT2D eigenvalue weighted by Crippen LogP contribution is -2.34. The van der Waals surface area contributed by atoms with Crippen LogP contribution in [0.4, 0.5) is 5.82 Å². The Balaban J connectivity index is 1.53. The number of anilines is 1. The molecule has 3 atom stereocenters. The first-order chi connectivity index (χ1) is 11.6. The fourth-order valence-electron chi connectivity index (χ4n) is 3.17.